The molecule has 1 aliphatic carbocycles. The zero-order valence-electron chi connectivity index (χ0n) is 12.3. The second-order valence-electron chi connectivity index (χ2n) is 6.15. The normalized spacial score (nSPS) is 20.1. The molecule has 1 unspecified atom stereocenters. The fourth-order valence-electron chi connectivity index (χ4n) is 2.89. The minimum atomic E-state index is -0.0868. The van der Waals surface area contributed by atoms with E-state index >= 15 is 0 Å². The fraction of sp³-hybridized carbons (Fsp3) is 0.588. The average molecular weight is 272 g/mol. The van der Waals surface area contributed by atoms with Crippen molar-refractivity contribution in [3.63, 3.8) is 0 Å². The zero-order valence-corrected chi connectivity index (χ0v) is 12.3. The molecule has 1 aromatic rings. The average Bonchev–Trinajstić information content (AvgIpc) is 3.19. The summed E-state index contributed by atoms with van der Waals surface area (Å²) in [5.74, 6) is 1.06. The van der Waals surface area contributed by atoms with Crippen LogP contribution in [-0.2, 0) is 11.3 Å². The number of amides is 1. The van der Waals surface area contributed by atoms with Crippen LogP contribution in [0.4, 0.5) is 0 Å². The molecule has 2 fully saturated rings. The number of benzene rings is 1. The second-order valence-corrected chi connectivity index (χ2v) is 6.15. The SMILES string of the molecule is CC(NCc1ccc(C2CC2)cc1)C(=O)N1CCCC1. The molecule has 0 bridgehead atoms. The summed E-state index contributed by atoms with van der Waals surface area (Å²) >= 11 is 0. The van der Waals surface area contributed by atoms with E-state index in [2.05, 4.69) is 29.6 Å². The van der Waals surface area contributed by atoms with Crippen LogP contribution in [0.25, 0.3) is 0 Å². The van der Waals surface area contributed by atoms with E-state index in [1.807, 2.05) is 11.8 Å². The van der Waals surface area contributed by atoms with Gasteiger partial charge in [-0.1, -0.05) is 24.3 Å². The van der Waals surface area contributed by atoms with Crippen LogP contribution in [0.15, 0.2) is 24.3 Å². The number of hydrogen-bond acceptors (Lipinski definition) is 2. The molecule has 1 aromatic carbocycles. The molecule has 1 atom stereocenters. The van der Waals surface area contributed by atoms with E-state index < -0.39 is 0 Å². The number of nitrogens with zero attached hydrogens (tertiary/aromatic N) is 1. The molecule has 1 aliphatic heterocycles. The van der Waals surface area contributed by atoms with Gasteiger partial charge in [0.25, 0.3) is 0 Å². The van der Waals surface area contributed by atoms with Gasteiger partial charge in [-0.05, 0) is 49.7 Å². The van der Waals surface area contributed by atoms with Crippen LogP contribution in [0.1, 0.15) is 49.7 Å². The Morgan fingerprint density at radius 1 is 1.25 bits per heavy atom. The van der Waals surface area contributed by atoms with Crippen LogP contribution in [0.5, 0.6) is 0 Å². The summed E-state index contributed by atoms with van der Waals surface area (Å²) in [5.41, 5.74) is 2.73. The maximum Gasteiger partial charge on any atom is 0.239 e. The maximum atomic E-state index is 12.2. The fourth-order valence-corrected chi connectivity index (χ4v) is 2.89. The summed E-state index contributed by atoms with van der Waals surface area (Å²) in [6, 6.07) is 8.77. The lowest BCUT2D eigenvalue weighted by Gasteiger charge is -2.21. The van der Waals surface area contributed by atoms with Crippen molar-refractivity contribution in [1.82, 2.24) is 10.2 Å². The first kappa shape index (κ1) is 13.6. The van der Waals surface area contributed by atoms with Crippen LogP contribution in [0.2, 0.25) is 0 Å². The summed E-state index contributed by atoms with van der Waals surface area (Å²) in [5, 5.41) is 3.35. The zero-order chi connectivity index (χ0) is 13.9. The van der Waals surface area contributed by atoms with Crippen LogP contribution in [0.3, 0.4) is 0 Å². The minimum absolute atomic E-state index is 0.0868. The largest absolute Gasteiger partial charge is 0.341 e. The molecule has 0 aromatic heterocycles. The van der Waals surface area contributed by atoms with Crippen molar-refractivity contribution in [2.75, 3.05) is 13.1 Å². The summed E-state index contributed by atoms with van der Waals surface area (Å²) in [7, 11) is 0. The van der Waals surface area contributed by atoms with E-state index in [9.17, 15) is 4.79 Å². The van der Waals surface area contributed by atoms with Gasteiger partial charge in [-0.25, -0.2) is 0 Å². The highest BCUT2D eigenvalue weighted by Gasteiger charge is 2.24. The highest BCUT2D eigenvalue weighted by molar-refractivity contribution is 5.81. The summed E-state index contributed by atoms with van der Waals surface area (Å²) < 4.78 is 0. The molecule has 3 heteroatoms. The van der Waals surface area contributed by atoms with Crippen molar-refractivity contribution < 1.29 is 4.79 Å². The number of hydrogen-bond donors (Lipinski definition) is 1. The molecule has 1 amide bonds. The van der Waals surface area contributed by atoms with Gasteiger partial charge in [0.2, 0.25) is 5.91 Å². The first-order valence-corrected chi connectivity index (χ1v) is 7.85. The molecular weight excluding hydrogens is 248 g/mol. The third-order valence-electron chi connectivity index (χ3n) is 4.43. The molecule has 1 saturated carbocycles. The smallest absolute Gasteiger partial charge is 0.239 e. The van der Waals surface area contributed by atoms with Crippen molar-refractivity contribution in [3.8, 4) is 0 Å². The molecular formula is C17H24N2O. The highest BCUT2D eigenvalue weighted by atomic mass is 16.2. The van der Waals surface area contributed by atoms with Gasteiger partial charge in [0.1, 0.15) is 0 Å². The quantitative estimate of drug-likeness (QED) is 0.893. The Labute approximate surface area is 121 Å². The number of carbonyl (C=O) groups is 1. The molecule has 0 radical (unpaired) electrons. The van der Waals surface area contributed by atoms with Crippen molar-refractivity contribution in [2.24, 2.45) is 0 Å². The second kappa shape index (κ2) is 5.96. The van der Waals surface area contributed by atoms with Crippen LogP contribution in [-0.4, -0.2) is 29.9 Å². The number of nitrogens with one attached hydrogen (secondary N) is 1. The number of likely N-dealkylation sites (tertiary alicyclic amines) is 1. The van der Waals surface area contributed by atoms with E-state index in [0.717, 1.165) is 38.4 Å². The predicted molar refractivity (Wildman–Crippen MR) is 80.5 cm³/mol. The molecule has 0 spiro atoms. The Hall–Kier alpha value is -1.35. The highest BCUT2D eigenvalue weighted by Crippen LogP contribution is 2.39. The van der Waals surface area contributed by atoms with Crippen molar-refractivity contribution in [3.05, 3.63) is 35.4 Å². The van der Waals surface area contributed by atoms with E-state index in [4.69, 9.17) is 0 Å². The van der Waals surface area contributed by atoms with E-state index in [1.54, 1.807) is 0 Å². The third kappa shape index (κ3) is 3.21. The van der Waals surface area contributed by atoms with Gasteiger partial charge >= 0.3 is 0 Å². The first-order chi connectivity index (χ1) is 9.74. The van der Waals surface area contributed by atoms with Gasteiger partial charge in [-0.15, -0.1) is 0 Å². The van der Waals surface area contributed by atoms with Gasteiger partial charge in [-0.3, -0.25) is 4.79 Å². The topological polar surface area (TPSA) is 32.3 Å². The Morgan fingerprint density at radius 3 is 2.50 bits per heavy atom. The monoisotopic (exact) mass is 272 g/mol. The molecule has 108 valence electrons. The lowest BCUT2D eigenvalue weighted by Crippen LogP contribution is -2.43. The Bertz CT molecular complexity index is 458. The van der Waals surface area contributed by atoms with Crippen LogP contribution >= 0.6 is 0 Å². The van der Waals surface area contributed by atoms with Crippen LogP contribution < -0.4 is 5.32 Å². The van der Waals surface area contributed by atoms with E-state index in [0.29, 0.717) is 0 Å². The first-order valence-electron chi connectivity index (χ1n) is 7.85. The number of carbonyl (C=O) groups excluding carboxylic acids is 1. The van der Waals surface area contributed by atoms with Gasteiger partial charge in [0, 0.05) is 19.6 Å². The standard InChI is InChI=1S/C17H24N2O/c1-13(17(20)19-10-2-3-11-19)18-12-14-4-6-15(7-5-14)16-8-9-16/h4-7,13,16,18H,2-3,8-12H2,1H3. The van der Waals surface area contributed by atoms with Gasteiger partial charge < -0.3 is 10.2 Å². The summed E-state index contributed by atoms with van der Waals surface area (Å²) in [6.07, 6.45) is 5.00. The Balaban J connectivity index is 1.49. The molecule has 3 nitrogen and oxygen atoms in total. The molecule has 20 heavy (non-hydrogen) atoms. The summed E-state index contributed by atoms with van der Waals surface area (Å²) in [6.45, 7) is 4.60. The van der Waals surface area contributed by atoms with Crippen molar-refractivity contribution >= 4 is 5.91 Å². The summed E-state index contributed by atoms with van der Waals surface area (Å²) in [4.78, 5) is 14.2. The van der Waals surface area contributed by atoms with Gasteiger partial charge in [0.05, 0.1) is 6.04 Å². The molecule has 1 saturated heterocycles. The Kier molecular flexibility index (Phi) is 4.06. The predicted octanol–water partition coefficient (Wildman–Crippen LogP) is 2.66. The van der Waals surface area contributed by atoms with Crippen LogP contribution in [0, 0.1) is 0 Å². The van der Waals surface area contributed by atoms with E-state index in [-0.39, 0.29) is 11.9 Å². The van der Waals surface area contributed by atoms with Crippen molar-refractivity contribution in [1.29, 1.82) is 0 Å². The van der Waals surface area contributed by atoms with E-state index in [1.165, 1.54) is 24.0 Å². The van der Waals surface area contributed by atoms with Gasteiger partial charge in [0.15, 0.2) is 0 Å². The molecule has 3 rings (SSSR count). The number of rotatable bonds is 5. The van der Waals surface area contributed by atoms with Gasteiger partial charge in [-0.2, -0.15) is 0 Å². The molecule has 1 N–H and O–H groups in total. The maximum absolute atomic E-state index is 12.2. The minimum Gasteiger partial charge on any atom is -0.341 e. The molecule has 1 heterocycles. The van der Waals surface area contributed by atoms with Crippen molar-refractivity contribution in [2.45, 2.75) is 51.1 Å². The Morgan fingerprint density at radius 2 is 1.90 bits per heavy atom. The molecule has 2 aliphatic rings. The third-order valence-corrected chi connectivity index (χ3v) is 4.43. The lowest BCUT2D eigenvalue weighted by molar-refractivity contribution is -0.131. The lowest BCUT2D eigenvalue weighted by atomic mass is 10.1.